The average Bonchev–Trinajstić information content (AvgIpc) is 2.03. The molecule has 0 bridgehead atoms. The van der Waals surface area contributed by atoms with Gasteiger partial charge in [0.25, 0.3) is 0 Å². The van der Waals surface area contributed by atoms with Crippen molar-refractivity contribution in [2.45, 2.75) is 19.4 Å². The first-order chi connectivity index (χ1) is 5.60. The lowest BCUT2D eigenvalue weighted by Crippen LogP contribution is -2.34. The first-order valence-corrected chi connectivity index (χ1v) is 3.51. The number of alkyl carbamates (subject to hydrolysis) is 1. The number of methoxy groups -OCH3 is 2. The summed E-state index contributed by atoms with van der Waals surface area (Å²) in [5, 5.41) is 2.43. The Kier molecular flexibility index (Phi) is 4.83. The molecule has 0 unspecified atom stereocenters. The quantitative estimate of drug-likeness (QED) is 0.626. The minimum atomic E-state index is -0.550. The van der Waals surface area contributed by atoms with E-state index in [-0.39, 0.29) is 18.4 Å². The van der Waals surface area contributed by atoms with E-state index < -0.39 is 6.09 Å². The molecule has 1 atom stereocenters. The fraction of sp³-hybridized carbons (Fsp3) is 0.714. The second-order valence-electron chi connectivity index (χ2n) is 2.32. The van der Waals surface area contributed by atoms with Gasteiger partial charge in [-0.15, -0.1) is 0 Å². The van der Waals surface area contributed by atoms with Gasteiger partial charge in [0, 0.05) is 6.04 Å². The molecule has 0 heterocycles. The zero-order valence-electron chi connectivity index (χ0n) is 7.42. The van der Waals surface area contributed by atoms with Crippen molar-refractivity contribution >= 4 is 12.1 Å². The smallest absolute Gasteiger partial charge is 0.407 e. The van der Waals surface area contributed by atoms with Crippen LogP contribution in [0.4, 0.5) is 4.79 Å². The van der Waals surface area contributed by atoms with Crippen LogP contribution in [0, 0.1) is 0 Å². The molecule has 0 aromatic carbocycles. The molecule has 0 saturated heterocycles. The summed E-state index contributed by atoms with van der Waals surface area (Å²) in [6, 6.07) is -0.273. The zero-order chi connectivity index (χ0) is 9.56. The molecule has 0 fully saturated rings. The molecule has 5 nitrogen and oxygen atoms in total. The summed E-state index contributed by atoms with van der Waals surface area (Å²) >= 11 is 0. The first-order valence-electron chi connectivity index (χ1n) is 3.51. The van der Waals surface area contributed by atoms with Gasteiger partial charge in [-0.3, -0.25) is 4.79 Å². The molecule has 0 aliphatic rings. The van der Waals surface area contributed by atoms with E-state index in [1.165, 1.54) is 14.2 Å². The summed E-state index contributed by atoms with van der Waals surface area (Å²) in [4.78, 5) is 21.3. The van der Waals surface area contributed by atoms with Crippen molar-refractivity contribution in [3.05, 3.63) is 0 Å². The van der Waals surface area contributed by atoms with Crippen molar-refractivity contribution in [2.75, 3.05) is 14.2 Å². The van der Waals surface area contributed by atoms with Crippen molar-refractivity contribution in [2.24, 2.45) is 0 Å². The van der Waals surface area contributed by atoms with Gasteiger partial charge in [-0.2, -0.15) is 0 Å². The van der Waals surface area contributed by atoms with Crippen LogP contribution in [-0.2, 0) is 14.3 Å². The highest BCUT2D eigenvalue weighted by atomic mass is 16.5. The van der Waals surface area contributed by atoms with Gasteiger partial charge < -0.3 is 14.8 Å². The summed E-state index contributed by atoms with van der Waals surface area (Å²) in [6.07, 6.45) is -0.405. The monoisotopic (exact) mass is 175 g/mol. The van der Waals surface area contributed by atoms with E-state index in [0.29, 0.717) is 0 Å². The number of carbonyl (C=O) groups is 2. The Labute approximate surface area is 71.0 Å². The van der Waals surface area contributed by atoms with E-state index in [0.717, 1.165) is 0 Å². The Morgan fingerprint density at radius 3 is 2.33 bits per heavy atom. The zero-order valence-corrected chi connectivity index (χ0v) is 7.42. The highest BCUT2D eigenvalue weighted by molar-refractivity contribution is 5.72. The van der Waals surface area contributed by atoms with Gasteiger partial charge >= 0.3 is 12.1 Å². The molecule has 0 aliphatic carbocycles. The summed E-state index contributed by atoms with van der Waals surface area (Å²) < 4.78 is 8.74. The molecule has 0 aromatic heterocycles. The highest BCUT2D eigenvalue weighted by Gasteiger charge is 2.11. The van der Waals surface area contributed by atoms with Crippen molar-refractivity contribution in [1.82, 2.24) is 5.32 Å². The van der Waals surface area contributed by atoms with Gasteiger partial charge in [-0.25, -0.2) is 4.79 Å². The number of carbonyl (C=O) groups excluding carboxylic acids is 2. The Morgan fingerprint density at radius 1 is 1.33 bits per heavy atom. The third-order valence-corrected chi connectivity index (χ3v) is 1.25. The van der Waals surface area contributed by atoms with E-state index in [1.54, 1.807) is 6.92 Å². The maximum Gasteiger partial charge on any atom is 0.407 e. The summed E-state index contributed by atoms with van der Waals surface area (Å²) in [5.74, 6) is -0.362. The topological polar surface area (TPSA) is 64.6 Å². The van der Waals surface area contributed by atoms with E-state index in [4.69, 9.17) is 0 Å². The maximum atomic E-state index is 10.7. The summed E-state index contributed by atoms with van der Waals surface area (Å²) in [6.45, 7) is 1.69. The van der Waals surface area contributed by atoms with Gasteiger partial charge in [0.2, 0.25) is 0 Å². The molecule has 0 rings (SSSR count). The molecule has 0 saturated carbocycles. The number of hydrogen-bond acceptors (Lipinski definition) is 4. The molecular weight excluding hydrogens is 162 g/mol. The second-order valence-corrected chi connectivity index (χ2v) is 2.32. The molecular formula is C7H13NO4. The molecule has 1 amide bonds. The largest absolute Gasteiger partial charge is 0.469 e. The Balaban J connectivity index is 3.66. The first kappa shape index (κ1) is 10.7. The number of hydrogen-bond donors (Lipinski definition) is 1. The molecule has 0 aliphatic heterocycles. The fourth-order valence-corrected chi connectivity index (χ4v) is 0.644. The number of esters is 1. The number of rotatable bonds is 3. The van der Waals surface area contributed by atoms with Crippen LogP contribution in [0.15, 0.2) is 0 Å². The lowest BCUT2D eigenvalue weighted by atomic mass is 10.2. The molecule has 0 aromatic rings. The predicted octanol–water partition coefficient (Wildman–Crippen LogP) is 0.294. The third-order valence-electron chi connectivity index (χ3n) is 1.25. The lowest BCUT2D eigenvalue weighted by molar-refractivity contribution is -0.141. The number of nitrogens with one attached hydrogen (secondary N) is 1. The van der Waals surface area contributed by atoms with Crippen molar-refractivity contribution in [3.63, 3.8) is 0 Å². The maximum absolute atomic E-state index is 10.7. The van der Waals surface area contributed by atoms with Crippen molar-refractivity contribution in [1.29, 1.82) is 0 Å². The molecule has 12 heavy (non-hydrogen) atoms. The van der Waals surface area contributed by atoms with Crippen molar-refractivity contribution in [3.8, 4) is 0 Å². The average molecular weight is 175 g/mol. The molecule has 0 spiro atoms. The number of amides is 1. The van der Waals surface area contributed by atoms with E-state index in [1.807, 2.05) is 0 Å². The number of ether oxygens (including phenoxy) is 2. The van der Waals surface area contributed by atoms with Crippen LogP contribution < -0.4 is 5.32 Å². The van der Waals surface area contributed by atoms with Crippen LogP contribution in [-0.4, -0.2) is 32.3 Å². The summed E-state index contributed by atoms with van der Waals surface area (Å²) in [7, 11) is 2.56. The van der Waals surface area contributed by atoms with Gasteiger partial charge in [-0.1, -0.05) is 0 Å². The standard InChI is InChI=1S/C7H13NO4/c1-5(4-6(9)11-2)8-7(10)12-3/h5H,4H2,1-3H3,(H,8,10)/t5-/m1/s1. The van der Waals surface area contributed by atoms with Crippen LogP contribution in [0.2, 0.25) is 0 Å². The van der Waals surface area contributed by atoms with Crippen molar-refractivity contribution < 1.29 is 19.1 Å². The predicted molar refractivity (Wildman–Crippen MR) is 41.6 cm³/mol. The van der Waals surface area contributed by atoms with E-state index in [2.05, 4.69) is 14.8 Å². The van der Waals surface area contributed by atoms with Gasteiger partial charge in [0.15, 0.2) is 0 Å². The lowest BCUT2D eigenvalue weighted by Gasteiger charge is -2.10. The molecule has 70 valence electrons. The van der Waals surface area contributed by atoms with Gasteiger partial charge in [-0.05, 0) is 6.92 Å². The minimum absolute atomic E-state index is 0.144. The van der Waals surface area contributed by atoms with Gasteiger partial charge in [0.05, 0.1) is 20.6 Å². The van der Waals surface area contributed by atoms with Crippen LogP contribution in [0.5, 0.6) is 0 Å². The fourth-order valence-electron chi connectivity index (χ4n) is 0.644. The Morgan fingerprint density at radius 2 is 1.92 bits per heavy atom. The summed E-state index contributed by atoms with van der Waals surface area (Å²) in [5.41, 5.74) is 0. The van der Waals surface area contributed by atoms with Crippen LogP contribution in [0.1, 0.15) is 13.3 Å². The van der Waals surface area contributed by atoms with E-state index in [9.17, 15) is 9.59 Å². The minimum Gasteiger partial charge on any atom is -0.469 e. The normalized spacial score (nSPS) is 11.6. The van der Waals surface area contributed by atoms with Crippen LogP contribution in [0.3, 0.4) is 0 Å². The molecule has 5 heteroatoms. The third kappa shape index (κ3) is 4.54. The Bertz CT molecular complexity index is 151. The SMILES string of the molecule is COC(=O)C[C@@H](C)NC(=O)OC. The van der Waals surface area contributed by atoms with Gasteiger partial charge in [0.1, 0.15) is 0 Å². The second kappa shape index (κ2) is 5.40. The highest BCUT2D eigenvalue weighted by Crippen LogP contribution is 1.92. The molecule has 0 radical (unpaired) electrons. The Hall–Kier alpha value is -1.26. The van der Waals surface area contributed by atoms with Crippen LogP contribution in [0.25, 0.3) is 0 Å². The van der Waals surface area contributed by atoms with E-state index >= 15 is 0 Å². The molecule has 1 N–H and O–H groups in total. The van der Waals surface area contributed by atoms with Crippen LogP contribution >= 0.6 is 0 Å².